The van der Waals surface area contributed by atoms with Crippen LogP contribution in [0.25, 0.3) is 11.0 Å². The topological polar surface area (TPSA) is 17.8 Å². The third-order valence-electron chi connectivity index (χ3n) is 4.09. The Morgan fingerprint density at radius 2 is 2.15 bits per heavy atom. The van der Waals surface area contributed by atoms with Crippen LogP contribution in [-0.4, -0.2) is 15.4 Å². The summed E-state index contributed by atoms with van der Waals surface area (Å²) in [6.07, 6.45) is 3.03. The fourth-order valence-corrected chi connectivity index (χ4v) is 2.95. The summed E-state index contributed by atoms with van der Waals surface area (Å²) >= 11 is 5.80. The Morgan fingerprint density at radius 1 is 1.40 bits per heavy atom. The van der Waals surface area contributed by atoms with Crippen LogP contribution in [0.1, 0.15) is 25.6 Å². The van der Waals surface area contributed by atoms with Crippen LogP contribution in [0.2, 0.25) is 0 Å². The van der Waals surface area contributed by atoms with Crippen molar-refractivity contribution in [2.75, 3.05) is 5.88 Å². The van der Waals surface area contributed by atoms with Gasteiger partial charge in [-0.1, -0.05) is 6.92 Å². The maximum absolute atomic E-state index is 14.1. The number of aryl methyl sites for hydroxylation is 1. The largest absolute Gasteiger partial charge is 0.325 e. The zero-order valence-electron chi connectivity index (χ0n) is 11.4. The molecule has 0 amide bonds. The second-order valence-electron chi connectivity index (χ2n) is 5.62. The molecule has 1 aliphatic carbocycles. The fraction of sp³-hybridized carbons (Fsp3) is 0.533. The number of nitrogens with zero attached hydrogens (tertiary/aromatic N) is 2. The minimum Gasteiger partial charge on any atom is -0.325 e. The molecule has 3 rings (SSSR count). The third kappa shape index (κ3) is 2.41. The van der Waals surface area contributed by atoms with E-state index in [9.17, 15) is 8.78 Å². The van der Waals surface area contributed by atoms with Crippen molar-refractivity contribution in [3.63, 3.8) is 0 Å². The fourth-order valence-electron chi connectivity index (χ4n) is 2.78. The van der Waals surface area contributed by atoms with Crippen molar-refractivity contribution in [2.45, 2.75) is 32.7 Å². The summed E-state index contributed by atoms with van der Waals surface area (Å²) in [5.74, 6) is 0.684. The number of hydrogen-bond acceptors (Lipinski definition) is 1. The maximum Gasteiger partial charge on any atom is 0.184 e. The average molecular weight is 299 g/mol. The zero-order valence-corrected chi connectivity index (χ0v) is 12.1. The number of aromatic nitrogens is 2. The van der Waals surface area contributed by atoms with Crippen LogP contribution in [0.5, 0.6) is 0 Å². The van der Waals surface area contributed by atoms with Crippen molar-refractivity contribution in [1.82, 2.24) is 9.55 Å². The van der Waals surface area contributed by atoms with E-state index in [1.165, 1.54) is 18.9 Å². The van der Waals surface area contributed by atoms with Crippen LogP contribution in [0, 0.1) is 23.5 Å². The number of fused-ring (bicyclic) bond motifs is 1. The highest BCUT2D eigenvalue weighted by molar-refractivity contribution is 6.17. The molecule has 1 unspecified atom stereocenters. The summed E-state index contributed by atoms with van der Waals surface area (Å²) in [7, 11) is 0. The van der Waals surface area contributed by atoms with E-state index in [0.29, 0.717) is 36.2 Å². The average Bonchev–Trinajstić information content (AvgIpc) is 3.21. The molecule has 0 saturated heterocycles. The number of halogens is 3. The van der Waals surface area contributed by atoms with Crippen LogP contribution in [0.4, 0.5) is 8.78 Å². The highest BCUT2D eigenvalue weighted by Crippen LogP contribution is 2.38. The van der Waals surface area contributed by atoms with Crippen molar-refractivity contribution in [3.8, 4) is 0 Å². The molecule has 108 valence electrons. The smallest absolute Gasteiger partial charge is 0.184 e. The summed E-state index contributed by atoms with van der Waals surface area (Å²) in [5.41, 5.74) is 0.782. The minimum absolute atomic E-state index is 0.276. The predicted molar refractivity (Wildman–Crippen MR) is 76.0 cm³/mol. The molecule has 1 aromatic carbocycles. The van der Waals surface area contributed by atoms with Gasteiger partial charge in [-0.15, -0.1) is 11.6 Å². The van der Waals surface area contributed by atoms with E-state index in [1.54, 1.807) is 0 Å². The zero-order chi connectivity index (χ0) is 14.3. The molecule has 1 saturated carbocycles. The molecule has 2 nitrogen and oxygen atoms in total. The van der Waals surface area contributed by atoms with Gasteiger partial charge in [0, 0.05) is 18.8 Å². The monoisotopic (exact) mass is 298 g/mol. The van der Waals surface area contributed by atoms with Gasteiger partial charge in [-0.05, 0) is 36.8 Å². The molecule has 0 radical (unpaired) electrons. The van der Waals surface area contributed by atoms with Gasteiger partial charge < -0.3 is 4.57 Å². The second kappa shape index (κ2) is 5.32. The summed E-state index contributed by atoms with van der Waals surface area (Å²) in [6, 6.07) is 2.66. The molecule has 0 aliphatic heterocycles. The Hall–Kier alpha value is -1.16. The van der Waals surface area contributed by atoms with Gasteiger partial charge in [-0.25, -0.2) is 13.8 Å². The molecule has 1 aliphatic rings. The van der Waals surface area contributed by atoms with Crippen molar-refractivity contribution >= 4 is 22.6 Å². The maximum atomic E-state index is 14.1. The first kappa shape index (κ1) is 13.8. The number of alkyl halides is 1. The van der Waals surface area contributed by atoms with Crippen LogP contribution in [0.3, 0.4) is 0 Å². The first-order chi connectivity index (χ1) is 9.61. The molecular weight excluding hydrogens is 282 g/mol. The normalized spacial score (nSPS) is 16.8. The molecule has 5 heteroatoms. The quantitative estimate of drug-likeness (QED) is 0.759. The van der Waals surface area contributed by atoms with Crippen molar-refractivity contribution in [3.05, 3.63) is 29.6 Å². The van der Waals surface area contributed by atoms with Gasteiger partial charge in [-0.2, -0.15) is 0 Å². The highest BCUT2D eigenvalue weighted by Gasteiger charge is 2.29. The number of imidazole rings is 1. The van der Waals surface area contributed by atoms with Gasteiger partial charge >= 0.3 is 0 Å². The lowest BCUT2D eigenvalue weighted by molar-refractivity contribution is 0.424. The van der Waals surface area contributed by atoms with Gasteiger partial charge in [0.1, 0.15) is 11.3 Å². The van der Waals surface area contributed by atoms with Gasteiger partial charge in [0.05, 0.1) is 5.52 Å². The second-order valence-corrected chi connectivity index (χ2v) is 6.00. The van der Waals surface area contributed by atoms with Crippen LogP contribution in [0.15, 0.2) is 12.1 Å². The lowest BCUT2D eigenvalue weighted by Crippen LogP contribution is -2.13. The summed E-state index contributed by atoms with van der Waals surface area (Å²) < 4.78 is 29.4. The van der Waals surface area contributed by atoms with Crippen molar-refractivity contribution < 1.29 is 8.78 Å². The van der Waals surface area contributed by atoms with Gasteiger partial charge in [-0.3, -0.25) is 0 Å². The number of rotatable bonds is 5. The van der Waals surface area contributed by atoms with Crippen LogP contribution < -0.4 is 0 Å². The van der Waals surface area contributed by atoms with Gasteiger partial charge in [0.25, 0.3) is 0 Å². The molecule has 1 atom stereocenters. The molecule has 20 heavy (non-hydrogen) atoms. The molecular formula is C15H17ClF2N2. The molecule has 1 heterocycles. The van der Waals surface area contributed by atoms with Crippen LogP contribution >= 0.6 is 11.6 Å². The Kier molecular flexibility index (Phi) is 3.67. The number of hydrogen-bond donors (Lipinski definition) is 0. The van der Waals surface area contributed by atoms with Crippen molar-refractivity contribution in [2.24, 2.45) is 11.8 Å². The molecule has 0 N–H and O–H groups in total. The van der Waals surface area contributed by atoms with E-state index >= 15 is 0 Å². The first-order valence-corrected chi connectivity index (χ1v) is 7.54. The summed E-state index contributed by atoms with van der Waals surface area (Å²) in [6.45, 7) is 2.83. The van der Waals surface area contributed by atoms with Crippen LogP contribution in [-0.2, 0) is 13.0 Å². The lowest BCUT2D eigenvalue weighted by Gasteiger charge is -2.14. The Bertz CT molecular complexity index is 634. The molecule has 0 bridgehead atoms. The van der Waals surface area contributed by atoms with E-state index in [1.807, 2.05) is 4.57 Å². The third-order valence-corrected chi connectivity index (χ3v) is 4.28. The summed E-state index contributed by atoms with van der Waals surface area (Å²) in [5, 5.41) is 0. The molecule has 0 spiro atoms. The predicted octanol–water partition coefficient (Wildman–Crippen LogP) is 4.14. The molecule has 1 aromatic heterocycles. The highest BCUT2D eigenvalue weighted by atomic mass is 35.5. The summed E-state index contributed by atoms with van der Waals surface area (Å²) in [4.78, 5) is 4.41. The van der Waals surface area contributed by atoms with E-state index < -0.39 is 11.6 Å². The van der Waals surface area contributed by atoms with E-state index in [0.717, 1.165) is 11.9 Å². The lowest BCUT2D eigenvalue weighted by atomic mass is 10.1. The minimum atomic E-state index is -0.824. The molecule has 1 fully saturated rings. The number of benzene rings is 1. The van der Waals surface area contributed by atoms with Crippen molar-refractivity contribution in [1.29, 1.82) is 0 Å². The standard InChI is InChI=1S/C15H17ClF2N2/c1-9(10-2-3-10)8-20-13(6-7-16)19-12-5-4-11(17)14(18)15(12)20/h4-5,9-10H,2-3,6-8H2,1H3. The van der Waals surface area contributed by atoms with E-state index in [2.05, 4.69) is 11.9 Å². The first-order valence-electron chi connectivity index (χ1n) is 7.01. The van der Waals surface area contributed by atoms with E-state index in [4.69, 9.17) is 11.6 Å². The Morgan fingerprint density at radius 3 is 2.80 bits per heavy atom. The van der Waals surface area contributed by atoms with Gasteiger partial charge in [0.2, 0.25) is 0 Å². The van der Waals surface area contributed by atoms with Gasteiger partial charge in [0.15, 0.2) is 11.6 Å². The van der Waals surface area contributed by atoms with E-state index in [-0.39, 0.29) is 5.52 Å². The Labute approximate surface area is 121 Å². The molecule has 2 aromatic rings. The Balaban J connectivity index is 2.08. The SMILES string of the molecule is CC(Cn1c(CCCl)nc2ccc(F)c(F)c21)C1CC1.